The van der Waals surface area contributed by atoms with Crippen molar-refractivity contribution in [1.29, 1.82) is 5.26 Å². The third kappa shape index (κ3) is 3.78. The summed E-state index contributed by atoms with van der Waals surface area (Å²) in [7, 11) is 1.54. The Morgan fingerprint density at radius 1 is 1.04 bits per heavy atom. The summed E-state index contributed by atoms with van der Waals surface area (Å²) in [5.41, 5.74) is 1.73. The van der Waals surface area contributed by atoms with E-state index in [9.17, 15) is 9.59 Å². The lowest BCUT2D eigenvalue weighted by molar-refractivity contribution is -0.122. The van der Waals surface area contributed by atoms with Crippen LogP contribution >= 0.6 is 0 Å². The van der Waals surface area contributed by atoms with Crippen LogP contribution in [0.1, 0.15) is 12.0 Å². The van der Waals surface area contributed by atoms with Crippen LogP contribution in [-0.4, -0.2) is 18.9 Å². The van der Waals surface area contributed by atoms with E-state index in [1.807, 2.05) is 12.1 Å². The van der Waals surface area contributed by atoms with Gasteiger partial charge in [-0.25, -0.2) is 0 Å². The number of ether oxygens (including phenoxy) is 1. The van der Waals surface area contributed by atoms with Crippen molar-refractivity contribution >= 4 is 23.2 Å². The lowest BCUT2D eigenvalue weighted by Gasteiger charge is -2.09. The Balaban J connectivity index is 1.57. The average molecular weight is 335 g/mol. The Morgan fingerprint density at radius 2 is 1.68 bits per heavy atom. The van der Waals surface area contributed by atoms with Crippen LogP contribution in [0.15, 0.2) is 48.5 Å². The van der Waals surface area contributed by atoms with E-state index >= 15 is 0 Å². The number of hydrogen-bond donors (Lipinski definition) is 2. The van der Waals surface area contributed by atoms with Crippen molar-refractivity contribution in [1.82, 2.24) is 0 Å². The zero-order valence-electron chi connectivity index (χ0n) is 13.7. The van der Waals surface area contributed by atoms with Crippen molar-refractivity contribution in [3.8, 4) is 11.8 Å². The summed E-state index contributed by atoms with van der Waals surface area (Å²) in [6, 6.07) is 15.8. The van der Waals surface area contributed by atoms with Gasteiger partial charge in [-0.3, -0.25) is 9.59 Å². The average Bonchev–Trinajstić information content (AvgIpc) is 3.44. The van der Waals surface area contributed by atoms with E-state index in [4.69, 9.17) is 10.00 Å². The number of para-hydroxylation sites is 2. The fourth-order valence-electron chi connectivity index (χ4n) is 2.61. The van der Waals surface area contributed by atoms with E-state index in [1.54, 1.807) is 42.5 Å². The number of benzene rings is 2. The normalized spacial score (nSPS) is 17.9. The minimum atomic E-state index is -0.344. The first kappa shape index (κ1) is 16.5. The first-order valence-corrected chi connectivity index (χ1v) is 7.87. The second-order valence-electron chi connectivity index (χ2n) is 5.82. The maximum Gasteiger partial charge on any atom is 0.228 e. The van der Waals surface area contributed by atoms with Crippen molar-refractivity contribution in [2.24, 2.45) is 11.8 Å². The number of nitrogens with one attached hydrogen (secondary N) is 2. The second kappa shape index (κ2) is 7.05. The van der Waals surface area contributed by atoms with Gasteiger partial charge in [0, 0.05) is 5.69 Å². The van der Waals surface area contributed by atoms with Gasteiger partial charge in [0.1, 0.15) is 5.75 Å². The van der Waals surface area contributed by atoms with Crippen molar-refractivity contribution in [3.63, 3.8) is 0 Å². The molecule has 1 fully saturated rings. The van der Waals surface area contributed by atoms with E-state index in [0.717, 1.165) is 0 Å². The molecule has 25 heavy (non-hydrogen) atoms. The molecule has 2 aromatic rings. The minimum Gasteiger partial charge on any atom is -0.495 e. The molecular weight excluding hydrogens is 318 g/mol. The highest BCUT2D eigenvalue weighted by Crippen LogP contribution is 2.40. The van der Waals surface area contributed by atoms with Crippen molar-refractivity contribution in [2.75, 3.05) is 17.7 Å². The van der Waals surface area contributed by atoms with Gasteiger partial charge in [0.2, 0.25) is 11.8 Å². The molecular formula is C19H17N3O3. The topological polar surface area (TPSA) is 91.2 Å². The van der Waals surface area contributed by atoms with Crippen LogP contribution in [0.5, 0.6) is 5.75 Å². The third-order valence-electron chi connectivity index (χ3n) is 4.11. The molecule has 2 N–H and O–H groups in total. The van der Waals surface area contributed by atoms with E-state index in [-0.39, 0.29) is 23.7 Å². The minimum absolute atomic E-state index is 0.190. The molecule has 126 valence electrons. The monoisotopic (exact) mass is 335 g/mol. The van der Waals surface area contributed by atoms with Crippen LogP contribution in [0, 0.1) is 23.2 Å². The Labute approximate surface area is 145 Å². The number of anilines is 2. The van der Waals surface area contributed by atoms with Gasteiger partial charge in [0.15, 0.2) is 0 Å². The highest BCUT2D eigenvalue weighted by molar-refractivity contribution is 6.03. The summed E-state index contributed by atoms with van der Waals surface area (Å²) in [5.74, 6) is -0.488. The van der Waals surface area contributed by atoms with Gasteiger partial charge in [-0.05, 0) is 42.8 Å². The molecule has 3 rings (SSSR count). The molecule has 0 radical (unpaired) electrons. The Morgan fingerprint density at radius 3 is 2.32 bits per heavy atom. The molecule has 0 heterocycles. The fraction of sp³-hybridized carbons (Fsp3) is 0.211. The van der Waals surface area contributed by atoms with E-state index < -0.39 is 0 Å². The van der Waals surface area contributed by atoms with E-state index in [2.05, 4.69) is 10.6 Å². The van der Waals surface area contributed by atoms with E-state index in [1.165, 1.54) is 7.11 Å². The van der Waals surface area contributed by atoms with Crippen molar-refractivity contribution in [3.05, 3.63) is 54.1 Å². The third-order valence-corrected chi connectivity index (χ3v) is 4.11. The molecule has 2 atom stereocenters. The molecule has 1 aliphatic rings. The number of hydrogen-bond acceptors (Lipinski definition) is 4. The smallest absolute Gasteiger partial charge is 0.228 e. The summed E-state index contributed by atoms with van der Waals surface area (Å²) < 4.78 is 5.20. The van der Waals surface area contributed by atoms with Crippen LogP contribution in [0.2, 0.25) is 0 Å². The predicted octanol–water partition coefficient (Wildman–Crippen LogP) is 2.78. The Kier molecular flexibility index (Phi) is 4.66. The molecule has 2 unspecified atom stereocenters. The molecule has 6 heteroatoms. The number of methoxy groups -OCH3 is 1. The largest absolute Gasteiger partial charge is 0.495 e. The van der Waals surface area contributed by atoms with Crippen LogP contribution < -0.4 is 15.4 Å². The van der Waals surface area contributed by atoms with Crippen LogP contribution in [0.4, 0.5) is 11.4 Å². The SMILES string of the molecule is COc1ccccc1NC(=O)C1CC1C(=O)Nc1ccc(C#N)cc1. The molecule has 0 spiro atoms. The Bertz CT molecular complexity index is 840. The van der Waals surface area contributed by atoms with Gasteiger partial charge in [0.05, 0.1) is 36.3 Å². The summed E-state index contributed by atoms with van der Waals surface area (Å²) in [6.45, 7) is 0. The zero-order chi connectivity index (χ0) is 17.8. The number of carbonyl (C=O) groups is 2. The van der Waals surface area contributed by atoms with Crippen LogP contribution in [0.25, 0.3) is 0 Å². The summed E-state index contributed by atoms with van der Waals surface area (Å²) in [6.07, 6.45) is 0.517. The maximum atomic E-state index is 12.3. The fourth-order valence-corrected chi connectivity index (χ4v) is 2.61. The molecule has 2 amide bonds. The van der Waals surface area contributed by atoms with Gasteiger partial charge in [0.25, 0.3) is 0 Å². The van der Waals surface area contributed by atoms with Gasteiger partial charge in [-0.1, -0.05) is 12.1 Å². The molecule has 1 aliphatic carbocycles. The van der Waals surface area contributed by atoms with Crippen LogP contribution in [-0.2, 0) is 9.59 Å². The molecule has 0 saturated heterocycles. The molecule has 0 aliphatic heterocycles. The lowest BCUT2D eigenvalue weighted by atomic mass is 10.2. The first-order valence-electron chi connectivity index (χ1n) is 7.87. The van der Waals surface area contributed by atoms with Gasteiger partial charge in [-0.15, -0.1) is 0 Å². The van der Waals surface area contributed by atoms with E-state index in [0.29, 0.717) is 29.1 Å². The van der Waals surface area contributed by atoms with Crippen molar-refractivity contribution in [2.45, 2.75) is 6.42 Å². The first-order chi connectivity index (χ1) is 12.1. The molecule has 0 aromatic heterocycles. The molecule has 1 saturated carbocycles. The predicted molar refractivity (Wildman–Crippen MR) is 93.0 cm³/mol. The van der Waals surface area contributed by atoms with Gasteiger partial charge in [-0.2, -0.15) is 5.26 Å². The molecule has 2 aromatic carbocycles. The number of rotatable bonds is 5. The standard InChI is InChI=1S/C19H17N3O3/c1-25-17-5-3-2-4-16(17)22-19(24)15-10-14(15)18(23)21-13-8-6-12(11-20)7-9-13/h2-9,14-15H,10H2,1H3,(H,21,23)(H,22,24). The van der Waals surface area contributed by atoms with Gasteiger partial charge < -0.3 is 15.4 Å². The maximum absolute atomic E-state index is 12.3. The highest BCUT2D eigenvalue weighted by Gasteiger charge is 2.48. The molecule has 6 nitrogen and oxygen atoms in total. The summed E-state index contributed by atoms with van der Waals surface area (Å²) in [4.78, 5) is 24.5. The Hall–Kier alpha value is -3.33. The lowest BCUT2D eigenvalue weighted by Crippen LogP contribution is -2.20. The quantitative estimate of drug-likeness (QED) is 0.879. The number of nitrogens with zero attached hydrogens (tertiary/aromatic N) is 1. The number of amides is 2. The second-order valence-corrected chi connectivity index (χ2v) is 5.82. The zero-order valence-corrected chi connectivity index (χ0v) is 13.7. The van der Waals surface area contributed by atoms with Crippen LogP contribution in [0.3, 0.4) is 0 Å². The van der Waals surface area contributed by atoms with Crippen molar-refractivity contribution < 1.29 is 14.3 Å². The number of nitriles is 1. The summed E-state index contributed by atoms with van der Waals surface area (Å²) >= 11 is 0. The molecule has 0 bridgehead atoms. The van der Waals surface area contributed by atoms with Gasteiger partial charge >= 0.3 is 0 Å². The number of carbonyl (C=O) groups excluding carboxylic acids is 2. The highest BCUT2D eigenvalue weighted by atomic mass is 16.5. The summed E-state index contributed by atoms with van der Waals surface area (Å²) in [5, 5.41) is 14.4.